The fourth-order valence-electron chi connectivity index (χ4n) is 1.74. The molecule has 0 heterocycles. The highest BCUT2D eigenvalue weighted by atomic mass is 32.1. The molecule has 0 aromatic heterocycles. The van der Waals surface area contributed by atoms with E-state index < -0.39 is 0 Å². The Labute approximate surface area is 131 Å². The topological polar surface area (TPSA) is 33.3 Å². The van der Waals surface area contributed by atoms with Gasteiger partial charge in [0, 0.05) is 17.4 Å². The van der Waals surface area contributed by atoms with Gasteiger partial charge in [0.25, 0.3) is 0 Å². The van der Waals surface area contributed by atoms with Crippen molar-refractivity contribution in [3.05, 3.63) is 54.6 Å². The summed E-state index contributed by atoms with van der Waals surface area (Å²) in [5.74, 6) is 1.35. The van der Waals surface area contributed by atoms with Crippen molar-refractivity contribution in [3.8, 4) is 5.75 Å². The number of rotatable bonds is 5. The molecule has 0 spiro atoms. The van der Waals surface area contributed by atoms with E-state index in [-0.39, 0.29) is 0 Å². The van der Waals surface area contributed by atoms with E-state index >= 15 is 0 Å². The summed E-state index contributed by atoms with van der Waals surface area (Å²) in [6.45, 7) is 4.96. The maximum atomic E-state index is 5.70. The van der Waals surface area contributed by atoms with E-state index in [1.165, 1.54) is 0 Å². The minimum atomic E-state index is 0.502. The Hall–Kier alpha value is -2.07. The molecule has 0 unspecified atom stereocenters. The monoisotopic (exact) mass is 300 g/mol. The fourth-order valence-corrected chi connectivity index (χ4v) is 1.98. The van der Waals surface area contributed by atoms with E-state index in [1.807, 2.05) is 54.6 Å². The van der Waals surface area contributed by atoms with Gasteiger partial charge in [-0.05, 0) is 42.4 Å². The van der Waals surface area contributed by atoms with Crippen LogP contribution in [-0.4, -0.2) is 11.7 Å². The SMILES string of the molecule is CC(C)COc1cccc(NC(=S)Nc2ccccc2)c1. The lowest BCUT2D eigenvalue weighted by atomic mass is 10.2. The summed E-state index contributed by atoms with van der Waals surface area (Å²) in [7, 11) is 0. The predicted octanol–water partition coefficient (Wildman–Crippen LogP) is 4.53. The Kier molecular flexibility index (Phi) is 5.58. The molecule has 2 N–H and O–H groups in total. The van der Waals surface area contributed by atoms with Crippen LogP contribution < -0.4 is 15.4 Å². The summed E-state index contributed by atoms with van der Waals surface area (Å²) in [5, 5.41) is 6.86. The Bertz CT molecular complexity index is 584. The number of hydrogen-bond acceptors (Lipinski definition) is 2. The lowest BCUT2D eigenvalue weighted by Crippen LogP contribution is -2.19. The first-order valence-corrected chi connectivity index (χ1v) is 7.40. The first-order chi connectivity index (χ1) is 10.1. The largest absolute Gasteiger partial charge is 0.493 e. The van der Waals surface area contributed by atoms with Crippen LogP contribution in [0.4, 0.5) is 11.4 Å². The van der Waals surface area contributed by atoms with Crippen LogP contribution in [0, 0.1) is 5.92 Å². The van der Waals surface area contributed by atoms with Crippen molar-refractivity contribution in [1.82, 2.24) is 0 Å². The van der Waals surface area contributed by atoms with Crippen LogP contribution in [0.1, 0.15) is 13.8 Å². The molecule has 0 saturated carbocycles. The molecule has 0 aliphatic rings. The molecule has 0 aliphatic heterocycles. The number of thiocarbonyl (C=S) groups is 1. The molecule has 2 aromatic rings. The summed E-state index contributed by atoms with van der Waals surface area (Å²) >= 11 is 5.30. The zero-order valence-corrected chi connectivity index (χ0v) is 13.1. The number of benzene rings is 2. The number of nitrogens with one attached hydrogen (secondary N) is 2. The standard InChI is InChI=1S/C17H20N2OS/c1-13(2)12-20-16-10-6-9-15(11-16)19-17(21)18-14-7-4-3-5-8-14/h3-11,13H,12H2,1-2H3,(H2,18,19,21). The number of anilines is 2. The van der Waals surface area contributed by atoms with E-state index in [1.54, 1.807) is 0 Å². The van der Waals surface area contributed by atoms with Gasteiger partial charge in [-0.1, -0.05) is 38.1 Å². The Balaban J connectivity index is 1.93. The summed E-state index contributed by atoms with van der Waals surface area (Å²) in [4.78, 5) is 0. The van der Waals surface area contributed by atoms with Crippen molar-refractivity contribution in [2.75, 3.05) is 17.2 Å². The van der Waals surface area contributed by atoms with Gasteiger partial charge in [-0.25, -0.2) is 0 Å². The third-order valence-electron chi connectivity index (χ3n) is 2.71. The van der Waals surface area contributed by atoms with Gasteiger partial charge >= 0.3 is 0 Å². The van der Waals surface area contributed by atoms with Crippen LogP contribution in [0.5, 0.6) is 5.75 Å². The summed E-state index contributed by atoms with van der Waals surface area (Å²) in [6.07, 6.45) is 0. The molecule has 0 atom stereocenters. The van der Waals surface area contributed by atoms with Crippen LogP contribution in [0.2, 0.25) is 0 Å². The minimum Gasteiger partial charge on any atom is -0.493 e. The van der Waals surface area contributed by atoms with Crippen molar-refractivity contribution in [3.63, 3.8) is 0 Å². The van der Waals surface area contributed by atoms with E-state index in [9.17, 15) is 0 Å². The third-order valence-corrected chi connectivity index (χ3v) is 2.91. The molecular weight excluding hydrogens is 280 g/mol. The summed E-state index contributed by atoms with van der Waals surface area (Å²) in [5.41, 5.74) is 1.87. The molecule has 0 fully saturated rings. The predicted molar refractivity (Wildman–Crippen MR) is 93.1 cm³/mol. The third kappa shape index (κ3) is 5.44. The maximum absolute atomic E-state index is 5.70. The first kappa shape index (κ1) is 15.3. The van der Waals surface area contributed by atoms with Crippen LogP contribution >= 0.6 is 12.2 Å². The van der Waals surface area contributed by atoms with Crippen molar-refractivity contribution in [1.29, 1.82) is 0 Å². The molecule has 2 rings (SSSR count). The Morgan fingerprint density at radius 2 is 1.67 bits per heavy atom. The molecule has 110 valence electrons. The molecule has 4 heteroatoms. The molecule has 2 aromatic carbocycles. The molecule has 0 radical (unpaired) electrons. The second-order valence-corrected chi connectivity index (χ2v) is 5.59. The maximum Gasteiger partial charge on any atom is 0.175 e. The highest BCUT2D eigenvalue weighted by Crippen LogP contribution is 2.18. The number of ether oxygens (including phenoxy) is 1. The summed E-state index contributed by atoms with van der Waals surface area (Å²) in [6, 6.07) is 17.6. The molecule has 0 aliphatic carbocycles. The second-order valence-electron chi connectivity index (χ2n) is 5.18. The highest BCUT2D eigenvalue weighted by Gasteiger charge is 2.01. The summed E-state index contributed by atoms with van der Waals surface area (Å²) < 4.78 is 5.70. The van der Waals surface area contributed by atoms with Crippen LogP contribution in [0.25, 0.3) is 0 Å². The van der Waals surface area contributed by atoms with Gasteiger partial charge in [-0.15, -0.1) is 0 Å². The lowest BCUT2D eigenvalue weighted by Gasteiger charge is -2.13. The molecule has 0 amide bonds. The average molecular weight is 300 g/mol. The van der Waals surface area contributed by atoms with Crippen LogP contribution in [-0.2, 0) is 0 Å². The normalized spacial score (nSPS) is 10.2. The van der Waals surface area contributed by atoms with E-state index in [2.05, 4.69) is 24.5 Å². The quantitative estimate of drug-likeness (QED) is 0.795. The fraction of sp³-hybridized carbons (Fsp3) is 0.235. The average Bonchev–Trinajstić information content (AvgIpc) is 2.46. The lowest BCUT2D eigenvalue weighted by molar-refractivity contribution is 0.271. The van der Waals surface area contributed by atoms with Gasteiger partial charge in [-0.3, -0.25) is 0 Å². The molecule has 0 bridgehead atoms. The van der Waals surface area contributed by atoms with E-state index in [4.69, 9.17) is 17.0 Å². The minimum absolute atomic E-state index is 0.502. The second kappa shape index (κ2) is 7.64. The zero-order chi connectivity index (χ0) is 15.1. The van der Waals surface area contributed by atoms with Crippen molar-refractivity contribution < 1.29 is 4.74 Å². The van der Waals surface area contributed by atoms with Gasteiger partial charge in [0.1, 0.15) is 5.75 Å². The van der Waals surface area contributed by atoms with Crippen LogP contribution in [0.3, 0.4) is 0 Å². The highest BCUT2D eigenvalue weighted by molar-refractivity contribution is 7.80. The van der Waals surface area contributed by atoms with Gasteiger partial charge in [-0.2, -0.15) is 0 Å². The smallest absolute Gasteiger partial charge is 0.175 e. The Morgan fingerprint density at radius 1 is 1.00 bits per heavy atom. The van der Waals surface area contributed by atoms with Crippen molar-refractivity contribution in [2.45, 2.75) is 13.8 Å². The van der Waals surface area contributed by atoms with Gasteiger partial charge < -0.3 is 15.4 Å². The first-order valence-electron chi connectivity index (χ1n) is 6.99. The molecular formula is C17H20N2OS. The van der Waals surface area contributed by atoms with Crippen molar-refractivity contribution >= 4 is 28.7 Å². The van der Waals surface area contributed by atoms with Crippen LogP contribution in [0.15, 0.2) is 54.6 Å². The van der Waals surface area contributed by atoms with Gasteiger partial charge in [0.05, 0.1) is 6.61 Å². The van der Waals surface area contributed by atoms with Gasteiger partial charge in [0.15, 0.2) is 5.11 Å². The number of hydrogen-bond donors (Lipinski definition) is 2. The number of para-hydroxylation sites is 1. The molecule has 21 heavy (non-hydrogen) atoms. The zero-order valence-electron chi connectivity index (χ0n) is 12.3. The van der Waals surface area contributed by atoms with E-state index in [0.29, 0.717) is 17.6 Å². The Morgan fingerprint density at radius 3 is 2.38 bits per heavy atom. The van der Waals surface area contributed by atoms with Crippen molar-refractivity contribution in [2.24, 2.45) is 5.92 Å². The molecule has 3 nitrogen and oxygen atoms in total. The van der Waals surface area contributed by atoms with Gasteiger partial charge in [0.2, 0.25) is 0 Å². The van der Waals surface area contributed by atoms with E-state index in [0.717, 1.165) is 17.1 Å². The molecule has 0 saturated heterocycles.